The van der Waals surface area contributed by atoms with Gasteiger partial charge in [0.1, 0.15) is 5.75 Å². The number of benzene rings is 2. The molecule has 2 aromatic rings. The number of nitrogen functional groups attached to an aromatic ring is 1. The topological polar surface area (TPSA) is 47.3 Å². The zero-order chi connectivity index (χ0) is 12.3. The molecule has 0 saturated heterocycles. The normalized spacial score (nSPS) is 10.0. The lowest BCUT2D eigenvalue weighted by molar-refractivity contribution is 0.417. The van der Waals surface area contributed by atoms with E-state index in [-0.39, 0.29) is 0 Å². The predicted molar refractivity (Wildman–Crippen MR) is 79.8 cm³/mol. The van der Waals surface area contributed by atoms with Crippen LogP contribution >= 0.6 is 22.6 Å². The van der Waals surface area contributed by atoms with Crippen molar-refractivity contribution in [3.8, 4) is 5.75 Å². The van der Waals surface area contributed by atoms with Crippen LogP contribution in [-0.2, 0) is 0 Å². The van der Waals surface area contributed by atoms with E-state index in [0.29, 0.717) is 11.4 Å². The molecule has 0 saturated carbocycles. The number of hydrogen-bond donors (Lipinski definition) is 2. The average Bonchev–Trinajstić information content (AvgIpc) is 2.34. The minimum atomic E-state index is 0.640. The second-order valence-corrected chi connectivity index (χ2v) is 4.72. The van der Waals surface area contributed by atoms with E-state index in [9.17, 15) is 0 Å². The van der Waals surface area contributed by atoms with Crippen LogP contribution in [0.1, 0.15) is 0 Å². The van der Waals surface area contributed by atoms with Crippen LogP contribution in [0.3, 0.4) is 0 Å². The Balaban J connectivity index is 2.28. The van der Waals surface area contributed by atoms with Crippen molar-refractivity contribution in [1.29, 1.82) is 0 Å². The second kappa shape index (κ2) is 5.27. The fraction of sp³-hybridized carbons (Fsp3) is 0.0769. The molecule has 0 aliphatic heterocycles. The summed E-state index contributed by atoms with van der Waals surface area (Å²) in [5.41, 5.74) is 8.44. The van der Waals surface area contributed by atoms with Crippen LogP contribution in [0.15, 0.2) is 42.5 Å². The van der Waals surface area contributed by atoms with E-state index in [1.807, 2.05) is 36.4 Å². The highest BCUT2D eigenvalue weighted by molar-refractivity contribution is 14.1. The molecular formula is C13H13IN2O. The lowest BCUT2D eigenvalue weighted by atomic mass is 10.2. The third-order valence-electron chi connectivity index (χ3n) is 2.39. The highest BCUT2D eigenvalue weighted by atomic mass is 127. The predicted octanol–water partition coefficient (Wildman–Crippen LogP) is 3.63. The van der Waals surface area contributed by atoms with Crippen molar-refractivity contribution in [1.82, 2.24) is 0 Å². The van der Waals surface area contributed by atoms with Crippen LogP contribution in [0.5, 0.6) is 5.75 Å². The monoisotopic (exact) mass is 340 g/mol. The van der Waals surface area contributed by atoms with Gasteiger partial charge in [0.25, 0.3) is 0 Å². The molecule has 3 N–H and O–H groups in total. The quantitative estimate of drug-likeness (QED) is 0.663. The van der Waals surface area contributed by atoms with Crippen LogP contribution in [0.2, 0.25) is 0 Å². The maximum absolute atomic E-state index is 5.77. The van der Waals surface area contributed by atoms with Gasteiger partial charge in [0.05, 0.1) is 18.5 Å². The summed E-state index contributed by atoms with van der Waals surface area (Å²) in [4.78, 5) is 0. The van der Waals surface area contributed by atoms with Gasteiger partial charge in [-0.1, -0.05) is 12.1 Å². The van der Waals surface area contributed by atoms with Crippen molar-refractivity contribution in [2.24, 2.45) is 0 Å². The Morgan fingerprint density at radius 2 is 1.94 bits per heavy atom. The van der Waals surface area contributed by atoms with Gasteiger partial charge in [0.15, 0.2) is 0 Å². The van der Waals surface area contributed by atoms with Gasteiger partial charge in [-0.15, -0.1) is 0 Å². The molecule has 0 aromatic heterocycles. The Bertz CT molecular complexity index is 529. The SMILES string of the molecule is COc1cc(Nc2ccccc2I)ccc1N. The van der Waals surface area contributed by atoms with E-state index in [4.69, 9.17) is 10.5 Å². The van der Waals surface area contributed by atoms with Crippen LogP contribution in [0.4, 0.5) is 17.1 Å². The standard InChI is InChI=1S/C13H13IN2O/c1-17-13-8-9(6-7-11(13)15)16-12-5-3-2-4-10(12)14/h2-8,16H,15H2,1H3. The zero-order valence-corrected chi connectivity index (χ0v) is 11.6. The number of methoxy groups -OCH3 is 1. The highest BCUT2D eigenvalue weighted by Crippen LogP contribution is 2.28. The van der Waals surface area contributed by atoms with E-state index in [2.05, 4.69) is 34.0 Å². The molecule has 88 valence electrons. The Kier molecular flexibility index (Phi) is 3.73. The lowest BCUT2D eigenvalue weighted by Gasteiger charge is -2.11. The van der Waals surface area contributed by atoms with Gasteiger partial charge in [0, 0.05) is 15.3 Å². The fourth-order valence-corrected chi connectivity index (χ4v) is 2.03. The number of halogens is 1. The molecule has 0 bridgehead atoms. The summed E-state index contributed by atoms with van der Waals surface area (Å²) in [6.07, 6.45) is 0. The molecule has 0 amide bonds. The highest BCUT2D eigenvalue weighted by Gasteiger charge is 2.03. The van der Waals surface area contributed by atoms with E-state index in [0.717, 1.165) is 11.4 Å². The van der Waals surface area contributed by atoms with Gasteiger partial charge in [-0.3, -0.25) is 0 Å². The van der Waals surface area contributed by atoms with E-state index < -0.39 is 0 Å². The van der Waals surface area contributed by atoms with Crippen molar-refractivity contribution < 1.29 is 4.74 Å². The third-order valence-corrected chi connectivity index (χ3v) is 3.33. The summed E-state index contributed by atoms with van der Waals surface area (Å²) in [5.74, 6) is 0.681. The van der Waals surface area contributed by atoms with Crippen molar-refractivity contribution in [3.63, 3.8) is 0 Å². The molecule has 3 nitrogen and oxygen atoms in total. The largest absolute Gasteiger partial charge is 0.495 e. The molecule has 4 heteroatoms. The van der Waals surface area contributed by atoms with Gasteiger partial charge in [0.2, 0.25) is 0 Å². The maximum Gasteiger partial charge on any atom is 0.143 e. The Hall–Kier alpha value is -1.43. The van der Waals surface area contributed by atoms with E-state index in [1.54, 1.807) is 7.11 Å². The fourth-order valence-electron chi connectivity index (χ4n) is 1.51. The molecule has 0 atom stereocenters. The maximum atomic E-state index is 5.77. The number of nitrogens with one attached hydrogen (secondary N) is 1. The molecule has 2 rings (SSSR count). The van der Waals surface area contributed by atoms with Crippen LogP contribution < -0.4 is 15.8 Å². The number of nitrogens with two attached hydrogens (primary N) is 1. The summed E-state index contributed by atoms with van der Waals surface area (Å²) in [5, 5.41) is 3.33. The Labute approximate surface area is 114 Å². The second-order valence-electron chi connectivity index (χ2n) is 3.56. The molecular weight excluding hydrogens is 327 g/mol. The molecule has 0 spiro atoms. The van der Waals surface area contributed by atoms with Crippen molar-refractivity contribution in [3.05, 3.63) is 46.0 Å². The molecule has 0 fully saturated rings. The van der Waals surface area contributed by atoms with Crippen LogP contribution in [0.25, 0.3) is 0 Å². The molecule has 0 radical (unpaired) electrons. The minimum absolute atomic E-state index is 0.640. The summed E-state index contributed by atoms with van der Waals surface area (Å²) in [6.45, 7) is 0. The van der Waals surface area contributed by atoms with Gasteiger partial charge in [-0.25, -0.2) is 0 Å². The van der Waals surface area contributed by atoms with Crippen LogP contribution in [0, 0.1) is 3.57 Å². The minimum Gasteiger partial charge on any atom is -0.495 e. The summed E-state index contributed by atoms with van der Waals surface area (Å²) in [7, 11) is 1.61. The number of para-hydroxylation sites is 1. The first-order valence-corrected chi connectivity index (χ1v) is 6.23. The summed E-state index contributed by atoms with van der Waals surface area (Å²) < 4.78 is 6.35. The summed E-state index contributed by atoms with van der Waals surface area (Å²) in [6, 6.07) is 13.7. The van der Waals surface area contributed by atoms with Crippen molar-refractivity contribution in [2.45, 2.75) is 0 Å². The first kappa shape index (κ1) is 12.0. The Morgan fingerprint density at radius 3 is 2.65 bits per heavy atom. The molecule has 0 heterocycles. The average molecular weight is 340 g/mol. The number of hydrogen-bond acceptors (Lipinski definition) is 3. The zero-order valence-electron chi connectivity index (χ0n) is 9.41. The van der Waals surface area contributed by atoms with E-state index in [1.165, 1.54) is 3.57 Å². The molecule has 0 unspecified atom stereocenters. The lowest BCUT2D eigenvalue weighted by Crippen LogP contribution is -1.96. The molecule has 17 heavy (non-hydrogen) atoms. The van der Waals surface area contributed by atoms with E-state index >= 15 is 0 Å². The van der Waals surface area contributed by atoms with Gasteiger partial charge >= 0.3 is 0 Å². The van der Waals surface area contributed by atoms with Crippen molar-refractivity contribution in [2.75, 3.05) is 18.2 Å². The summed E-state index contributed by atoms with van der Waals surface area (Å²) >= 11 is 2.29. The first-order valence-electron chi connectivity index (χ1n) is 5.16. The van der Waals surface area contributed by atoms with Gasteiger partial charge in [-0.2, -0.15) is 0 Å². The van der Waals surface area contributed by atoms with Gasteiger partial charge < -0.3 is 15.8 Å². The molecule has 2 aromatic carbocycles. The first-order chi connectivity index (χ1) is 8.20. The Morgan fingerprint density at radius 1 is 1.18 bits per heavy atom. The molecule has 0 aliphatic carbocycles. The number of ether oxygens (including phenoxy) is 1. The van der Waals surface area contributed by atoms with Crippen molar-refractivity contribution >= 4 is 39.7 Å². The van der Waals surface area contributed by atoms with Crippen LogP contribution in [-0.4, -0.2) is 7.11 Å². The number of anilines is 3. The van der Waals surface area contributed by atoms with Gasteiger partial charge in [-0.05, 0) is 46.9 Å². The molecule has 0 aliphatic rings. The number of rotatable bonds is 3. The third kappa shape index (κ3) is 2.82. The smallest absolute Gasteiger partial charge is 0.143 e.